The lowest BCUT2D eigenvalue weighted by Crippen LogP contribution is -2.38. The summed E-state index contributed by atoms with van der Waals surface area (Å²) in [4.78, 5) is 10.6. The first-order valence-corrected chi connectivity index (χ1v) is 7.03. The molecule has 110 valence electrons. The third kappa shape index (κ3) is 3.03. The molecule has 0 bridgehead atoms. The van der Waals surface area contributed by atoms with Crippen molar-refractivity contribution in [3.05, 3.63) is 28.3 Å². The average Bonchev–Trinajstić information content (AvgIpc) is 2.41. The molecule has 1 atom stereocenters. The molecular weight excluding hydrogens is 256 g/mol. The molecule has 1 aromatic carbocycles. The Balaban J connectivity index is 2.21. The van der Waals surface area contributed by atoms with Gasteiger partial charge in [-0.1, -0.05) is 26.7 Å². The van der Waals surface area contributed by atoms with Crippen LogP contribution in [0.2, 0.25) is 0 Å². The predicted molar refractivity (Wildman–Crippen MR) is 79.3 cm³/mol. The highest BCUT2D eigenvalue weighted by molar-refractivity contribution is 5.59. The molecule has 5 nitrogen and oxygen atoms in total. The number of ether oxygens (including phenoxy) is 1. The second kappa shape index (κ2) is 5.69. The van der Waals surface area contributed by atoms with Crippen LogP contribution in [-0.4, -0.2) is 18.1 Å². The molecule has 0 radical (unpaired) electrons. The van der Waals surface area contributed by atoms with Crippen LogP contribution in [-0.2, 0) is 0 Å². The summed E-state index contributed by atoms with van der Waals surface area (Å²) in [6.45, 7) is 4.50. The van der Waals surface area contributed by atoms with Crippen molar-refractivity contribution in [2.75, 3.05) is 12.4 Å². The maximum absolute atomic E-state index is 11.1. The number of nitrogens with one attached hydrogen (secondary N) is 1. The largest absolute Gasteiger partial charge is 0.490 e. The van der Waals surface area contributed by atoms with Crippen molar-refractivity contribution in [2.45, 2.75) is 45.6 Å². The van der Waals surface area contributed by atoms with Gasteiger partial charge >= 0.3 is 5.69 Å². The zero-order valence-electron chi connectivity index (χ0n) is 12.3. The van der Waals surface area contributed by atoms with Gasteiger partial charge in [0.15, 0.2) is 5.75 Å². The highest BCUT2D eigenvalue weighted by atomic mass is 16.6. The first-order valence-electron chi connectivity index (χ1n) is 7.03. The number of methoxy groups -OCH3 is 1. The lowest BCUT2D eigenvalue weighted by molar-refractivity contribution is -0.385. The molecule has 0 aliphatic heterocycles. The van der Waals surface area contributed by atoms with Crippen molar-refractivity contribution < 1.29 is 9.66 Å². The van der Waals surface area contributed by atoms with Crippen LogP contribution in [0.3, 0.4) is 0 Å². The maximum Gasteiger partial charge on any atom is 0.312 e. The third-order valence-electron chi connectivity index (χ3n) is 4.22. The number of hydrogen-bond donors (Lipinski definition) is 1. The van der Waals surface area contributed by atoms with Gasteiger partial charge in [0.2, 0.25) is 0 Å². The second-order valence-corrected chi connectivity index (χ2v) is 6.08. The normalized spacial score (nSPS) is 21.2. The summed E-state index contributed by atoms with van der Waals surface area (Å²) in [5, 5.41) is 14.5. The van der Waals surface area contributed by atoms with E-state index in [4.69, 9.17) is 4.74 Å². The van der Waals surface area contributed by atoms with Crippen LogP contribution in [0, 0.1) is 15.5 Å². The molecule has 0 amide bonds. The Kier molecular flexibility index (Phi) is 4.16. The molecule has 1 aromatic rings. The van der Waals surface area contributed by atoms with E-state index in [1.807, 2.05) is 6.07 Å². The Hall–Kier alpha value is -1.78. The molecule has 20 heavy (non-hydrogen) atoms. The number of hydrogen-bond acceptors (Lipinski definition) is 4. The molecule has 1 aliphatic rings. The fourth-order valence-electron chi connectivity index (χ4n) is 2.89. The van der Waals surface area contributed by atoms with E-state index in [9.17, 15) is 10.1 Å². The molecule has 0 saturated heterocycles. The van der Waals surface area contributed by atoms with Crippen molar-refractivity contribution in [1.82, 2.24) is 0 Å². The van der Waals surface area contributed by atoms with Gasteiger partial charge in [-0.15, -0.1) is 0 Å². The number of nitrogens with zero attached hydrogens (tertiary/aromatic N) is 1. The zero-order valence-corrected chi connectivity index (χ0v) is 12.3. The summed E-state index contributed by atoms with van der Waals surface area (Å²) in [5.41, 5.74) is 1.01. The van der Waals surface area contributed by atoms with Crippen LogP contribution in [0.5, 0.6) is 5.75 Å². The highest BCUT2D eigenvalue weighted by Crippen LogP contribution is 2.38. The molecule has 1 aliphatic carbocycles. The number of nitro benzene ring substituents is 1. The first-order chi connectivity index (χ1) is 9.44. The van der Waals surface area contributed by atoms with Gasteiger partial charge in [0, 0.05) is 17.8 Å². The van der Waals surface area contributed by atoms with Crippen LogP contribution in [0.4, 0.5) is 11.4 Å². The van der Waals surface area contributed by atoms with Gasteiger partial charge in [-0.25, -0.2) is 0 Å². The van der Waals surface area contributed by atoms with Crippen LogP contribution in [0.1, 0.15) is 39.5 Å². The topological polar surface area (TPSA) is 64.4 Å². The Morgan fingerprint density at radius 2 is 2.15 bits per heavy atom. The van der Waals surface area contributed by atoms with Gasteiger partial charge < -0.3 is 10.1 Å². The number of anilines is 1. The maximum atomic E-state index is 11.1. The fourth-order valence-corrected chi connectivity index (χ4v) is 2.89. The minimum atomic E-state index is -0.407. The van der Waals surface area contributed by atoms with E-state index in [1.54, 1.807) is 12.1 Å². The van der Waals surface area contributed by atoms with E-state index < -0.39 is 4.92 Å². The van der Waals surface area contributed by atoms with E-state index in [1.165, 1.54) is 26.4 Å². The molecule has 2 rings (SSSR count). The Bertz CT molecular complexity index is 500. The highest BCUT2D eigenvalue weighted by Gasteiger charge is 2.32. The molecule has 5 heteroatoms. The molecule has 0 spiro atoms. The van der Waals surface area contributed by atoms with Gasteiger partial charge in [0.05, 0.1) is 12.0 Å². The van der Waals surface area contributed by atoms with Gasteiger partial charge in [-0.3, -0.25) is 10.1 Å². The van der Waals surface area contributed by atoms with Crippen LogP contribution >= 0.6 is 0 Å². The summed E-state index contributed by atoms with van der Waals surface area (Å²) in [6.07, 6.45) is 4.75. The molecule has 1 N–H and O–H groups in total. The number of benzene rings is 1. The Morgan fingerprint density at radius 3 is 2.75 bits per heavy atom. The van der Waals surface area contributed by atoms with E-state index >= 15 is 0 Å². The Labute approximate surface area is 119 Å². The summed E-state index contributed by atoms with van der Waals surface area (Å²) in [6, 6.07) is 5.40. The monoisotopic (exact) mass is 278 g/mol. The Morgan fingerprint density at radius 1 is 1.40 bits per heavy atom. The SMILES string of the molecule is COc1ccc(NC2CCCCC2(C)C)cc1[N+](=O)[O-]. The lowest BCUT2D eigenvalue weighted by Gasteiger charge is -2.39. The van der Waals surface area contributed by atoms with E-state index in [-0.39, 0.29) is 11.1 Å². The van der Waals surface area contributed by atoms with Crippen LogP contribution in [0.15, 0.2) is 18.2 Å². The van der Waals surface area contributed by atoms with Gasteiger partial charge in [-0.2, -0.15) is 0 Å². The molecule has 1 fully saturated rings. The molecule has 0 aromatic heterocycles. The summed E-state index contributed by atoms with van der Waals surface area (Å²) >= 11 is 0. The molecular formula is C15H22N2O3. The van der Waals surface area contributed by atoms with Crippen molar-refractivity contribution in [2.24, 2.45) is 5.41 Å². The fraction of sp³-hybridized carbons (Fsp3) is 0.600. The zero-order chi connectivity index (χ0) is 14.8. The predicted octanol–water partition coefficient (Wildman–Crippen LogP) is 3.98. The van der Waals surface area contributed by atoms with E-state index in [2.05, 4.69) is 19.2 Å². The smallest absolute Gasteiger partial charge is 0.312 e. The number of rotatable bonds is 4. The van der Waals surface area contributed by atoms with E-state index in [0.717, 1.165) is 12.1 Å². The molecule has 1 saturated carbocycles. The van der Waals surface area contributed by atoms with Crippen LogP contribution in [0.25, 0.3) is 0 Å². The van der Waals surface area contributed by atoms with Gasteiger partial charge in [-0.05, 0) is 30.4 Å². The van der Waals surface area contributed by atoms with Gasteiger partial charge in [0.1, 0.15) is 0 Å². The minimum Gasteiger partial charge on any atom is -0.490 e. The second-order valence-electron chi connectivity index (χ2n) is 6.08. The third-order valence-corrected chi connectivity index (χ3v) is 4.22. The molecule has 0 heterocycles. The lowest BCUT2D eigenvalue weighted by atomic mass is 9.73. The summed E-state index contributed by atoms with van der Waals surface area (Å²) in [7, 11) is 1.44. The summed E-state index contributed by atoms with van der Waals surface area (Å²) in [5.74, 6) is 0.295. The average molecular weight is 278 g/mol. The molecule has 1 unspecified atom stereocenters. The van der Waals surface area contributed by atoms with Crippen molar-refractivity contribution >= 4 is 11.4 Å². The van der Waals surface area contributed by atoms with E-state index in [0.29, 0.717) is 11.8 Å². The minimum absolute atomic E-state index is 0.00566. The van der Waals surface area contributed by atoms with Crippen molar-refractivity contribution in [3.63, 3.8) is 0 Å². The van der Waals surface area contributed by atoms with Crippen molar-refractivity contribution in [3.8, 4) is 5.75 Å². The standard InChI is InChI=1S/C15H22N2O3/c1-15(2)9-5-4-6-14(15)16-11-7-8-13(20-3)12(10-11)17(18)19/h7-8,10,14,16H,4-6,9H2,1-3H3. The van der Waals surface area contributed by atoms with Gasteiger partial charge in [0.25, 0.3) is 0 Å². The summed E-state index contributed by atoms with van der Waals surface area (Å²) < 4.78 is 5.02. The number of nitro groups is 1. The van der Waals surface area contributed by atoms with Crippen molar-refractivity contribution in [1.29, 1.82) is 0 Å². The first kappa shape index (κ1) is 14.6. The quantitative estimate of drug-likeness (QED) is 0.668. The van der Waals surface area contributed by atoms with Crippen LogP contribution < -0.4 is 10.1 Å².